The fourth-order valence-electron chi connectivity index (χ4n) is 2.23. The fourth-order valence-corrected chi connectivity index (χ4v) is 3.69. The lowest BCUT2D eigenvalue weighted by Gasteiger charge is -2.30. The van der Waals surface area contributed by atoms with Crippen molar-refractivity contribution in [1.82, 2.24) is 9.29 Å². The van der Waals surface area contributed by atoms with Gasteiger partial charge in [-0.15, -0.1) is 0 Å². The maximum Gasteiger partial charge on any atom is 0.141 e. The van der Waals surface area contributed by atoms with Gasteiger partial charge < -0.3 is 0 Å². The lowest BCUT2D eigenvalue weighted by atomic mass is 10.1. The van der Waals surface area contributed by atoms with E-state index >= 15 is 0 Å². The summed E-state index contributed by atoms with van der Waals surface area (Å²) in [5, 5.41) is 0. The molecule has 0 aliphatic carbocycles. The minimum absolute atomic E-state index is 0.0215. The minimum Gasteiger partial charge on any atom is -0.261 e. The zero-order valence-electron chi connectivity index (χ0n) is 11.0. The summed E-state index contributed by atoms with van der Waals surface area (Å²) in [6.07, 6.45) is 4.77. The van der Waals surface area contributed by atoms with Crippen molar-refractivity contribution in [3.8, 4) is 0 Å². The van der Waals surface area contributed by atoms with Crippen LogP contribution in [0.1, 0.15) is 45.2 Å². The highest BCUT2D eigenvalue weighted by Gasteiger charge is 2.35. The van der Waals surface area contributed by atoms with E-state index in [2.05, 4.69) is 4.98 Å². The molecule has 0 radical (unpaired) electrons. The first-order valence-electron chi connectivity index (χ1n) is 6.18. The number of hydrogen-bond acceptors (Lipinski definition) is 2. The molecule has 3 nitrogen and oxygen atoms in total. The van der Waals surface area contributed by atoms with E-state index in [1.165, 1.54) is 12.3 Å². The lowest BCUT2D eigenvalue weighted by Crippen LogP contribution is -2.37. The molecule has 0 spiro atoms. The molecule has 0 aromatic carbocycles. The third-order valence-electron chi connectivity index (χ3n) is 3.05. The second-order valence-electron chi connectivity index (χ2n) is 5.60. The first-order chi connectivity index (χ1) is 8.39. The van der Waals surface area contributed by atoms with Crippen molar-refractivity contribution >= 4 is 11.0 Å². The van der Waals surface area contributed by atoms with Crippen LogP contribution in [0.3, 0.4) is 0 Å². The Labute approximate surface area is 110 Å². The molecule has 1 aliphatic rings. The van der Waals surface area contributed by atoms with E-state index in [0.29, 0.717) is 0 Å². The SMILES string of the molecule is CC(C)(C)[S@](=O)N1CCC[C@@H]1c1cncc(F)c1. The molecule has 1 aliphatic heterocycles. The van der Waals surface area contributed by atoms with E-state index in [-0.39, 0.29) is 16.6 Å². The van der Waals surface area contributed by atoms with Crippen LogP contribution in [0.25, 0.3) is 0 Å². The fraction of sp³-hybridized carbons (Fsp3) is 0.615. The Hall–Kier alpha value is -0.810. The van der Waals surface area contributed by atoms with Gasteiger partial charge >= 0.3 is 0 Å². The second-order valence-corrected chi connectivity index (χ2v) is 7.79. The van der Waals surface area contributed by atoms with Gasteiger partial charge in [0.25, 0.3) is 0 Å². The van der Waals surface area contributed by atoms with Crippen LogP contribution in [0, 0.1) is 5.82 Å². The van der Waals surface area contributed by atoms with Crippen LogP contribution in [-0.4, -0.2) is 24.8 Å². The summed E-state index contributed by atoms with van der Waals surface area (Å²) in [6.45, 7) is 6.68. The molecule has 100 valence electrons. The maximum atomic E-state index is 13.2. The number of halogens is 1. The van der Waals surface area contributed by atoms with Gasteiger partial charge in [0.15, 0.2) is 0 Å². The van der Waals surface area contributed by atoms with Crippen molar-refractivity contribution in [1.29, 1.82) is 0 Å². The number of aromatic nitrogens is 1. The van der Waals surface area contributed by atoms with Crippen LogP contribution in [0.2, 0.25) is 0 Å². The summed E-state index contributed by atoms with van der Waals surface area (Å²) < 4.78 is 27.4. The third kappa shape index (κ3) is 2.78. The van der Waals surface area contributed by atoms with Crippen molar-refractivity contribution in [2.24, 2.45) is 0 Å². The number of rotatable bonds is 2. The summed E-state index contributed by atoms with van der Waals surface area (Å²) >= 11 is 0. The van der Waals surface area contributed by atoms with E-state index in [4.69, 9.17) is 0 Å². The normalized spacial score (nSPS) is 23.2. The summed E-state index contributed by atoms with van der Waals surface area (Å²) in [5.41, 5.74) is 0.824. The van der Waals surface area contributed by atoms with Gasteiger partial charge in [-0.05, 0) is 45.2 Å². The van der Waals surface area contributed by atoms with Gasteiger partial charge in [-0.25, -0.2) is 12.9 Å². The molecule has 2 heterocycles. The second kappa shape index (κ2) is 5.05. The number of hydrogen-bond donors (Lipinski definition) is 0. The highest BCUT2D eigenvalue weighted by molar-refractivity contribution is 7.84. The molecule has 0 N–H and O–H groups in total. The van der Waals surface area contributed by atoms with Crippen LogP contribution in [0.5, 0.6) is 0 Å². The molecule has 18 heavy (non-hydrogen) atoms. The predicted octanol–water partition coefficient (Wildman–Crippen LogP) is 2.82. The average Bonchev–Trinajstić information content (AvgIpc) is 2.75. The number of nitrogens with zero attached hydrogens (tertiary/aromatic N) is 2. The van der Waals surface area contributed by atoms with E-state index < -0.39 is 11.0 Å². The van der Waals surface area contributed by atoms with Crippen LogP contribution >= 0.6 is 0 Å². The zero-order chi connectivity index (χ0) is 13.3. The Morgan fingerprint density at radius 2 is 2.17 bits per heavy atom. The molecule has 2 rings (SSSR count). The van der Waals surface area contributed by atoms with Gasteiger partial charge in [0.1, 0.15) is 16.8 Å². The Morgan fingerprint density at radius 1 is 1.44 bits per heavy atom. The topological polar surface area (TPSA) is 33.2 Å². The Bertz CT molecular complexity index is 459. The van der Waals surface area contributed by atoms with Crippen molar-refractivity contribution in [2.75, 3.05) is 6.54 Å². The van der Waals surface area contributed by atoms with Crippen molar-refractivity contribution in [3.63, 3.8) is 0 Å². The Morgan fingerprint density at radius 3 is 2.78 bits per heavy atom. The smallest absolute Gasteiger partial charge is 0.141 e. The predicted molar refractivity (Wildman–Crippen MR) is 70.8 cm³/mol. The summed E-state index contributed by atoms with van der Waals surface area (Å²) in [4.78, 5) is 3.88. The third-order valence-corrected chi connectivity index (χ3v) is 4.96. The van der Waals surface area contributed by atoms with E-state index in [1.807, 2.05) is 25.1 Å². The molecule has 1 aromatic rings. The van der Waals surface area contributed by atoms with Gasteiger partial charge in [-0.3, -0.25) is 4.98 Å². The van der Waals surface area contributed by atoms with Crippen molar-refractivity contribution in [2.45, 2.75) is 44.4 Å². The Kier molecular flexibility index (Phi) is 3.82. The van der Waals surface area contributed by atoms with Gasteiger partial charge in [-0.2, -0.15) is 0 Å². The highest BCUT2D eigenvalue weighted by Crippen LogP contribution is 2.35. The van der Waals surface area contributed by atoms with Gasteiger partial charge in [0, 0.05) is 18.8 Å². The zero-order valence-corrected chi connectivity index (χ0v) is 11.8. The first-order valence-corrected chi connectivity index (χ1v) is 7.29. The molecule has 2 atom stereocenters. The van der Waals surface area contributed by atoms with Crippen LogP contribution in [-0.2, 0) is 11.0 Å². The van der Waals surface area contributed by atoms with Crippen LogP contribution in [0.4, 0.5) is 4.39 Å². The largest absolute Gasteiger partial charge is 0.261 e. The van der Waals surface area contributed by atoms with Crippen molar-refractivity contribution < 1.29 is 8.60 Å². The highest BCUT2D eigenvalue weighted by atomic mass is 32.2. The molecule has 5 heteroatoms. The molecule has 0 unspecified atom stereocenters. The minimum atomic E-state index is -1.07. The van der Waals surface area contributed by atoms with E-state index in [1.54, 1.807) is 6.20 Å². The summed E-state index contributed by atoms with van der Waals surface area (Å²) in [6, 6.07) is 1.52. The maximum absolute atomic E-state index is 13.2. The molecule has 1 saturated heterocycles. The van der Waals surface area contributed by atoms with Crippen molar-refractivity contribution in [3.05, 3.63) is 29.8 Å². The van der Waals surface area contributed by atoms with Gasteiger partial charge in [0.05, 0.1) is 10.9 Å². The number of pyridine rings is 1. The van der Waals surface area contributed by atoms with E-state index in [0.717, 1.165) is 24.9 Å². The molecule has 1 fully saturated rings. The lowest BCUT2D eigenvalue weighted by molar-refractivity contribution is 0.413. The molecule has 1 aromatic heterocycles. The quantitative estimate of drug-likeness (QED) is 0.828. The van der Waals surface area contributed by atoms with Gasteiger partial charge in [0.2, 0.25) is 0 Å². The molecular formula is C13H19FN2OS. The van der Waals surface area contributed by atoms with Gasteiger partial charge in [-0.1, -0.05) is 0 Å². The van der Waals surface area contributed by atoms with Crippen LogP contribution < -0.4 is 0 Å². The standard InChI is InChI=1S/C13H19FN2OS/c1-13(2,3)18(17)16-6-4-5-12(16)10-7-11(14)9-15-8-10/h7-9,12H,4-6H2,1-3H3/t12-,18+/m1/s1. The molecule has 0 bridgehead atoms. The first kappa shape index (κ1) is 13.6. The van der Waals surface area contributed by atoms with Crippen LogP contribution in [0.15, 0.2) is 18.5 Å². The summed E-state index contributed by atoms with van der Waals surface area (Å²) in [7, 11) is -1.07. The average molecular weight is 270 g/mol. The monoisotopic (exact) mass is 270 g/mol. The molecule has 0 saturated carbocycles. The molecule has 0 amide bonds. The summed E-state index contributed by atoms with van der Waals surface area (Å²) in [5.74, 6) is -0.333. The Balaban J connectivity index is 2.25. The molecular weight excluding hydrogens is 251 g/mol. The van der Waals surface area contributed by atoms with E-state index in [9.17, 15) is 8.60 Å².